The molecule has 2 nitrogen and oxygen atoms in total. The van der Waals surface area contributed by atoms with Crippen LogP contribution in [0, 0.1) is 5.82 Å². The van der Waals surface area contributed by atoms with Crippen LogP contribution in [0.2, 0.25) is 0 Å². The van der Waals surface area contributed by atoms with Crippen LogP contribution in [0.5, 0.6) is 0 Å². The lowest BCUT2D eigenvalue weighted by Gasteiger charge is -2.20. The molecule has 0 radical (unpaired) electrons. The summed E-state index contributed by atoms with van der Waals surface area (Å²) in [6.07, 6.45) is 1.78. The number of hydrogen-bond donors (Lipinski definition) is 1. The van der Waals surface area contributed by atoms with Gasteiger partial charge in [0, 0.05) is 18.3 Å². The number of hydrogen-bond acceptors (Lipinski definition) is 2. The fourth-order valence-electron chi connectivity index (χ4n) is 1.96. The second-order valence-electron chi connectivity index (χ2n) is 4.42. The summed E-state index contributed by atoms with van der Waals surface area (Å²) in [7, 11) is 0. The first kappa shape index (κ1) is 12.7. The Bertz CT molecular complexity index is 499. The smallest absolute Gasteiger partial charge is 0.123 e. The third-order valence-corrected chi connectivity index (χ3v) is 2.98. The molecule has 0 aliphatic heterocycles. The molecule has 0 amide bonds. The van der Waals surface area contributed by atoms with Crippen LogP contribution in [-0.4, -0.2) is 4.98 Å². The maximum atomic E-state index is 13.1. The van der Waals surface area contributed by atoms with Crippen molar-refractivity contribution in [2.45, 2.75) is 25.9 Å². The second kappa shape index (κ2) is 5.74. The van der Waals surface area contributed by atoms with Crippen LogP contribution >= 0.6 is 0 Å². The van der Waals surface area contributed by atoms with Gasteiger partial charge in [0.05, 0.1) is 5.69 Å². The maximum Gasteiger partial charge on any atom is 0.123 e. The minimum atomic E-state index is -0.202. The second-order valence-corrected chi connectivity index (χ2v) is 4.42. The Morgan fingerprint density at radius 2 is 1.89 bits per heavy atom. The predicted octanol–water partition coefficient (Wildman–Crippen LogP) is 3.63. The number of aromatic nitrogens is 1. The molecule has 1 N–H and O–H groups in total. The van der Waals surface area contributed by atoms with Crippen LogP contribution in [0.4, 0.5) is 4.39 Å². The molecular formula is C15H17FN2. The lowest BCUT2D eigenvalue weighted by Crippen LogP contribution is -2.23. The van der Waals surface area contributed by atoms with Crippen LogP contribution in [-0.2, 0) is 0 Å². The molecule has 94 valence electrons. The Balaban J connectivity index is 2.05. The van der Waals surface area contributed by atoms with Crippen molar-refractivity contribution in [1.29, 1.82) is 0 Å². The van der Waals surface area contributed by atoms with E-state index in [2.05, 4.69) is 17.2 Å². The summed E-state index contributed by atoms with van der Waals surface area (Å²) in [5, 5.41) is 3.41. The molecule has 0 aliphatic carbocycles. The van der Waals surface area contributed by atoms with Gasteiger partial charge < -0.3 is 5.32 Å². The Hall–Kier alpha value is -1.74. The van der Waals surface area contributed by atoms with Crippen LogP contribution in [0.15, 0.2) is 48.7 Å². The summed E-state index contributed by atoms with van der Waals surface area (Å²) < 4.78 is 13.1. The SMILES string of the molecule is CC(N[C@@H](C)c1ccccn1)c1cccc(F)c1. The van der Waals surface area contributed by atoms with Gasteiger partial charge in [-0.05, 0) is 43.7 Å². The first-order chi connectivity index (χ1) is 8.66. The lowest BCUT2D eigenvalue weighted by molar-refractivity contribution is 0.484. The van der Waals surface area contributed by atoms with Crippen molar-refractivity contribution in [3.63, 3.8) is 0 Å². The lowest BCUT2D eigenvalue weighted by atomic mass is 10.1. The molecule has 18 heavy (non-hydrogen) atoms. The molecule has 0 aliphatic rings. The van der Waals surface area contributed by atoms with E-state index in [0.717, 1.165) is 11.3 Å². The maximum absolute atomic E-state index is 13.1. The van der Waals surface area contributed by atoms with E-state index in [0.29, 0.717) is 0 Å². The van der Waals surface area contributed by atoms with E-state index in [9.17, 15) is 4.39 Å². The molecule has 0 saturated carbocycles. The van der Waals surface area contributed by atoms with Gasteiger partial charge in [0.1, 0.15) is 5.82 Å². The van der Waals surface area contributed by atoms with Crippen molar-refractivity contribution >= 4 is 0 Å². The average molecular weight is 244 g/mol. The monoisotopic (exact) mass is 244 g/mol. The largest absolute Gasteiger partial charge is 0.302 e. The summed E-state index contributed by atoms with van der Waals surface area (Å²) in [6.45, 7) is 4.08. The number of nitrogens with zero attached hydrogens (tertiary/aromatic N) is 1. The molecule has 1 unspecified atom stereocenters. The summed E-state index contributed by atoms with van der Waals surface area (Å²) >= 11 is 0. The van der Waals surface area contributed by atoms with E-state index in [4.69, 9.17) is 0 Å². The van der Waals surface area contributed by atoms with Crippen LogP contribution < -0.4 is 5.32 Å². The Kier molecular flexibility index (Phi) is 4.05. The van der Waals surface area contributed by atoms with Crippen molar-refractivity contribution in [3.05, 3.63) is 65.7 Å². The van der Waals surface area contributed by atoms with Crippen molar-refractivity contribution < 1.29 is 4.39 Å². The van der Waals surface area contributed by atoms with E-state index < -0.39 is 0 Å². The van der Waals surface area contributed by atoms with Crippen molar-refractivity contribution in [2.75, 3.05) is 0 Å². The number of halogens is 1. The number of benzene rings is 1. The van der Waals surface area contributed by atoms with E-state index in [1.807, 2.05) is 31.2 Å². The summed E-state index contributed by atoms with van der Waals surface area (Å²) in [4.78, 5) is 4.31. The number of nitrogens with one attached hydrogen (secondary N) is 1. The topological polar surface area (TPSA) is 24.9 Å². The van der Waals surface area contributed by atoms with Gasteiger partial charge in [-0.15, -0.1) is 0 Å². The standard InChI is InChI=1S/C15H17FN2/c1-11(13-6-5-7-14(16)10-13)18-12(2)15-8-3-4-9-17-15/h3-12,18H,1-2H3/t11?,12-/m0/s1. The van der Waals surface area contributed by atoms with Gasteiger partial charge in [-0.25, -0.2) is 4.39 Å². The van der Waals surface area contributed by atoms with Crippen molar-refractivity contribution in [1.82, 2.24) is 10.3 Å². The van der Waals surface area contributed by atoms with Crippen LogP contribution in [0.3, 0.4) is 0 Å². The quantitative estimate of drug-likeness (QED) is 0.888. The van der Waals surface area contributed by atoms with Gasteiger partial charge >= 0.3 is 0 Å². The highest BCUT2D eigenvalue weighted by Gasteiger charge is 2.12. The highest BCUT2D eigenvalue weighted by atomic mass is 19.1. The minimum absolute atomic E-state index is 0.0812. The van der Waals surface area contributed by atoms with Crippen LogP contribution in [0.25, 0.3) is 0 Å². The molecule has 0 saturated heterocycles. The molecule has 2 rings (SSSR count). The fourth-order valence-corrected chi connectivity index (χ4v) is 1.96. The number of pyridine rings is 1. The molecule has 0 bridgehead atoms. The third kappa shape index (κ3) is 3.14. The molecular weight excluding hydrogens is 227 g/mol. The molecule has 0 spiro atoms. The van der Waals surface area contributed by atoms with Gasteiger partial charge in [0.25, 0.3) is 0 Å². The van der Waals surface area contributed by atoms with Gasteiger partial charge in [-0.3, -0.25) is 4.98 Å². The summed E-state index contributed by atoms with van der Waals surface area (Å²) in [6, 6.07) is 12.7. The van der Waals surface area contributed by atoms with Crippen LogP contribution in [0.1, 0.15) is 37.2 Å². The average Bonchev–Trinajstić information content (AvgIpc) is 2.39. The van der Waals surface area contributed by atoms with E-state index >= 15 is 0 Å². The Morgan fingerprint density at radius 3 is 2.56 bits per heavy atom. The fraction of sp³-hybridized carbons (Fsp3) is 0.267. The summed E-state index contributed by atoms with van der Waals surface area (Å²) in [5.74, 6) is -0.202. The molecule has 0 fully saturated rings. The van der Waals surface area contributed by atoms with E-state index in [-0.39, 0.29) is 17.9 Å². The van der Waals surface area contributed by atoms with Crippen molar-refractivity contribution in [3.8, 4) is 0 Å². The molecule has 1 aromatic carbocycles. The highest BCUT2D eigenvalue weighted by Crippen LogP contribution is 2.18. The zero-order valence-electron chi connectivity index (χ0n) is 10.6. The molecule has 1 heterocycles. The molecule has 2 atom stereocenters. The normalized spacial score (nSPS) is 14.2. The Morgan fingerprint density at radius 1 is 1.06 bits per heavy atom. The van der Waals surface area contributed by atoms with Gasteiger partial charge in [-0.1, -0.05) is 18.2 Å². The third-order valence-electron chi connectivity index (χ3n) is 2.98. The van der Waals surface area contributed by atoms with Gasteiger partial charge in [0.15, 0.2) is 0 Å². The predicted molar refractivity (Wildman–Crippen MR) is 70.6 cm³/mol. The number of rotatable bonds is 4. The van der Waals surface area contributed by atoms with Crippen molar-refractivity contribution in [2.24, 2.45) is 0 Å². The Labute approximate surface area is 107 Å². The zero-order chi connectivity index (χ0) is 13.0. The molecule has 3 heteroatoms. The van der Waals surface area contributed by atoms with Gasteiger partial charge in [-0.2, -0.15) is 0 Å². The molecule has 1 aromatic heterocycles. The minimum Gasteiger partial charge on any atom is -0.302 e. The van der Waals surface area contributed by atoms with Gasteiger partial charge in [0.2, 0.25) is 0 Å². The van der Waals surface area contributed by atoms with E-state index in [1.54, 1.807) is 18.3 Å². The zero-order valence-corrected chi connectivity index (χ0v) is 10.6. The first-order valence-electron chi connectivity index (χ1n) is 6.09. The first-order valence-corrected chi connectivity index (χ1v) is 6.09. The summed E-state index contributed by atoms with van der Waals surface area (Å²) in [5.41, 5.74) is 1.93. The highest BCUT2D eigenvalue weighted by molar-refractivity contribution is 5.20. The van der Waals surface area contributed by atoms with E-state index in [1.165, 1.54) is 6.07 Å². The molecule has 2 aromatic rings.